The summed E-state index contributed by atoms with van der Waals surface area (Å²) in [5.41, 5.74) is 9.31. The summed E-state index contributed by atoms with van der Waals surface area (Å²) in [4.78, 5) is 69.3. The molecule has 68 heavy (non-hydrogen) atoms. The summed E-state index contributed by atoms with van der Waals surface area (Å²) in [6.07, 6.45) is 0.387. The number of hydrogen-bond acceptors (Lipinski definition) is 14. The van der Waals surface area contributed by atoms with E-state index in [1.807, 2.05) is 27.9 Å². The van der Waals surface area contributed by atoms with Crippen LogP contribution in [-0.2, 0) is 9.59 Å². The number of likely N-dealkylation sites (N-methyl/N-ethyl adjacent to an activating group) is 2. The maximum absolute atomic E-state index is 15.2. The Morgan fingerprint density at radius 3 is 1.26 bits per heavy atom. The van der Waals surface area contributed by atoms with Gasteiger partial charge in [-0.2, -0.15) is 8.78 Å². The number of rotatable bonds is 18. The van der Waals surface area contributed by atoms with Crippen LogP contribution in [0.15, 0.2) is 0 Å². The first-order chi connectivity index (χ1) is 32.3. The molecule has 0 spiro atoms. The fraction of sp³-hybridized carbons (Fsp3) is 0.714. The van der Waals surface area contributed by atoms with Gasteiger partial charge in [0.25, 0.3) is 12.9 Å². The molecule has 4 amide bonds. The van der Waals surface area contributed by atoms with Crippen molar-refractivity contribution in [1.29, 1.82) is 0 Å². The second kappa shape index (κ2) is 25.1. The van der Waals surface area contributed by atoms with E-state index in [2.05, 4.69) is 62.1 Å². The van der Waals surface area contributed by atoms with Crippen molar-refractivity contribution in [3.05, 3.63) is 23.3 Å². The van der Waals surface area contributed by atoms with Crippen LogP contribution in [0, 0.1) is 35.3 Å². The van der Waals surface area contributed by atoms with Gasteiger partial charge in [0.2, 0.25) is 23.4 Å². The predicted molar refractivity (Wildman–Crippen MR) is 238 cm³/mol. The number of nitrogens with one attached hydrogen (secondary N) is 6. The molecule has 8 N–H and O–H groups in total. The van der Waals surface area contributed by atoms with Gasteiger partial charge in [-0.1, -0.05) is 51.4 Å². The number of anilines is 4. The number of aromatic nitrogens is 4. The Kier molecular flexibility index (Phi) is 19.7. The van der Waals surface area contributed by atoms with E-state index >= 15 is 8.78 Å². The lowest BCUT2D eigenvalue weighted by Gasteiger charge is -2.38. The van der Waals surface area contributed by atoms with Gasteiger partial charge in [-0.05, 0) is 52.6 Å². The van der Waals surface area contributed by atoms with Crippen LogP contribution in [0.4, 0.5) is 59.2 Å². The van der Waals surface area contributed by atoms with E-state index in [0.29, 0.717) is 63.9 Å². The second-order valence-electron chi connectivity index (χ2n) is 18.1. The highest BCUT2D eigenvalue weighted by Gasteiger charge is 2.32. The minimum atomic E-state index is -3.03. The Morgan fingerprint density at radius 1 is 0.603 bits per heavy atom. The van der Waals surface area contributed by atoms with Gasteiger partial charge >= 0.3 is 12.2 Å². The normalized spacial score (nSPS) is 20.4. The van der Waals surface area contributed by atoms with E-state index in [1.54, 1.807) is 9.80 Å². The molecule has 2 aliphatic heterocycles. The van der Waals surface area contributed by atoms with Gasteiger partial charge in [0, 0.05) is 64.4 Å². The fourth-order valence-corrected chi connectivity index (χ4v) is 8.90. The molecule has 26 heteroatoms. The predicted octanol–water partition coefficient (Wildman–Crippen LogP) is 5.20. The first kappa shape index (κ1) is 53.3. The van der Waals surface area contributed by atoms with Crippen molar-refractivity contribution in [3.8, 4) is 0 Å². The average molecular weight is 975 g/mol. The molecule has 4 heterocycles. The van der Waals surface area contributed by atoms with Crippen LogP contribution in [-0.4, -0.2) is 142 Å². The molecule has 4 atom stereocenters. The second-order valence-corrected chi connectivity index (χ2v) is 18.1. The van der Waals surface area contributed by atoms with E-state index in [9.17, 15) is 36.7 Å². The maximum Gasteiger partial charge on any atom is 0.404 e. The van der Waals surface area contributed by atoms with Crippen molar-refractivity contribution in [2.45, 2.75) is 103 Å². The molecule has 4 fully saturated rings. The van der Waals surface area contributed by atoms with Crippen molar-refractivity contribution in [3.63, 3.8) is 0 Å². The minimum Gasteiger partial charge on any atom is -0.465 e. The Bertz CT molecular complexity index is 1880. The highest BCUT2D eigenvalue weighted by Crippen LogP contribution is 2.33. The van der Waals surface area contributed by atoms with Gasteiger partial charge in [0.1, 0.15) is 0 Å². The Labute approximate surface area is 390 Å². The average Bonchev–Trinajstić information content (AvgIpc) is 4.02. The van der Waals surface area contributed by atoms with Crippen LogP contribution in [0.25, 0.3) is 0 Å². The van der Waals surface area contributed by atoms with Gasteiger partial charge in [-0.25, -0.2) is 47.1 Å². The quantitative estimate of drug-likeness (QED) is 0.0707. The number of carbonyl (C=O) groups excluding carboxylic acids is 2. The number of amides is 4. The number of hydrogen-bond donors (Lipinski definition) is 8. The van der Waals surface area contributed by atoms with E-state index < -0.39 is 83.6 Å². The van der Waals surface area contributed by atoms with E-state index in [1.165, 1.54) is 0 Å². The molecule has 380 valence electrons. The monoisotopic (exact) mass is 975 g/mol. The number of hydrazine groups is 2. The van der Waals surface area contributed by atoms with Crippen molar-refractivity contribution in [1.82, 2.24) is 51.2 Å². The molecule has 2 aromatic heterocycles. The third-order valence-corrected chi connectivity index (χ3v) is 13.1. The molecule has 2 aromatic rings. The van der Waals surface area contributed by atoms with E-state index in [-0.39, 0.29) is 36.8 Å². The molecular formula is C42H64F6N14O6. The highest BCUT2D eigenvalue weighted by atomic mass is 19.3. The van der Waals surface area contributed by atoms with Crippen LogP contribution < -0.4 is 42.1 Å². The molecule has 0 radical (unpaired) electrons. The van der Waals surface area contributed by atoms with Crippen LogP contribution in [0.1, 0.15) is 103 Å². The van der Waals surface area contributed by atoms with Crippen LogP contribution in [0.2, 0.25) is 0 Å². The highest BCUT2D eigenvalue weighted by molar-refractivity contribution is 5.81. The van der Waals surface area contributed by atoms with Gasteiger partial charge in [-0.3, -0.25) is 31.3 Å². The van der Waals surface area contributed by atoms with E-state index in [0.717, 1.165) is 51.4 Å². The lowest BCUT2D eigenvalue weighted by Crippen LogP contribution is -2.50. The molecule has 2 saturated heterocycles. The zero-order valence-corrected chi connectivity index (χ0v) is 38.7. The number of carboxylic acid groups (broad SMARTS) is 2. The van der Waals surface area contributed by atoms with Crippen LogP contribution in [0.3, 0.4) is 0 Å². The van der Waals surface area contributed by atoms with Gasteiger partial charge < -0.3 is 40.4 Å². The van der Waals surface area contributed by atoms with Crippen molar-refractivity contribution < 1.29 is 55.7 Å². The van der Waals surface area contributed by atoms with Crippen molar-refractivity contribution >= 4 is 47.3 Å². The smallest absolute Gasteiger partial charge is 0.404 e. The van der Waals surface area contributed by atoms with Gasteiger partial charge in [0.05, 0.1) is 11.8 Å². The van der Waals surface area contributed by atoms with Gasteiger partial charge in [0.15, 0.2) is 34.9 Å². The molecule has 2 aliphatic carbocycles. The van der Waals surface area contributed by atoms with Gasteiger partial charge in [-0.15, -0.1) is 0 Å². The molecule has 20 nitrogen and oxygen atoms in total. The Morgan fingerprint density at radius 2 is 0.956 bits per heavy atom. The molecule has 6 rings (SSSR count). The summed E-state index contributed by atoms with van der Waals surface area (Å²) in [5.74, 6) is -7.21. The lowest BCUT2D eigenvalue weighted by molar-refractivity contribution is -0.125. The minimum absolute atomic E-state index is 0.0623. The molecule has 0 unspecified atom stereocenters. The largest absolute Gasteiger partial charge is 0.465 e. The third kappa shape index (κ3) is 15.2. The zero-order chi connectivity index (χ0) is 49.7. The summed E-state index contributed by atoms with van der Waals surface area (Å²) >= 11 is 0. The standard InChI is InChI=1S/2C21H32F3N7O3/c2*1-12-11-31(8-7-30(12)2)19-15(22)17(26-18(27-19)16(23)24)28-29-20(32)14(10-25-21(33)34)9-13-5-3-4-6-13/h2*12-14,16,25H,3-11H2,1-2H3,(H,29,32)(H,33,34)(H,26,27,28)/t2*12-,14-/m11/s1. The van der Waals surface area contributed by atoms with Crippen molar-refractivity contribution in [2.75, 3.05) is 87.1 Å². The molecule has 4 aliphatic rings. The Balaban J connectivity index is 0.000000254. The third-order valence-electron chi connectivity index (χ3n) is 13.1. The number of carbonyl (C=O) groups is 4. The van der Waals surface area contributed by atoms with Crippen molar-refractivity contribution in [2.24, 2.45) is 23.7 Å². The summed E-state index contributed by atoms with van der Waals surface area (Å²) in [6.45, 7) is 6.44. The fourth-order valence-electron chi connectivity index (χ4n) is 8.90. The molecular weight excluding hydrogens is 911 g/mol. The number of nitrogens with zero attached hydrogens (tertiary/aromatic N) is 8. The van der Waals surface area contributed by atoms with Crippen LogP contribution in [0.5, 0.6) is 0 Å². The summed E-state index contributed by atoms with van der Waals surface area (Å²) in [5, 5.41) is 22.3. The van der Waals surface area contributed by atoms with Crippen LogP contribution >= 0.6 is 0 Å². The number of halogens is 6. The lowest BCUT2D eigenvalue weighted by atomic mass is 9.92. The van der Waals surface area contributed by atoms with E-state index in [4.69, 9.17) is 10.2 Å². The molecule has 0 bridgehead atoms. The maximum atomic E-state index is 15.2. The SMILES string of the molecule is C[C@@H]1CN(c2nc(C(F)F)nc(NNC(=O)[C@@H](CNC(=O)O)CC3CCCC3)c2F)CCN1C.C[C@@H]1CN(c2nc(C(F)F)nc(NNC(=O)[C@@H](CNC(=O)O)CC3CCCC3)c2F)CCN1C. The topological polar surface area (TPSA) is 245 Å². The zero-order valence-electron chi connectivity index (χ0n) is 38.7. The summed E-state index contributed by atoms with van der Waals surface area (Å²) in [6, 6.07) is 0.125. The first-order valence-electron chi connectivity index (χ1n) is 23.0. The molecule has 0 aromatic carbocycles. The molecule has 2 saturated carbocycles. The number of piperazine rings is 2. The Hall–Kier alpha value is -5.66. The number of alkyl halides is 4. The summed E-state index contributed by atoms with van der Waals surface area (Å²) in [7, 11) is 3.85. The first-order valence-corrected chi connectivity index (χ1v) is 23.0. The summed E-state index contributed by atoms with van der Waals surface area (Å²) < 4.78 is 84.2.